The molecule has 0 amide bonds. The lowest BCUT2D eigenvalue weighted by Gasteiger charge is -2.11. The number of nitrogens with zero attached hydrogens (tertiary/aromatic N) is 2. The van der Waals surface area contributed by atoms with E-state index in [9.17, 15) is 13.5 Å². The first-order valence-electron chi connectivity index (χ1n) is 6.75. The molecular formula is C13H20N4O3S. The molecule has 0 saturated heterocycles. The van der Waals surface area contributed by atoms with Crippen molar-refractivity contribution in [3.8, 4) is 0 Å². The number of nitrogens with two attached hydrogens (primary N) is 1. The van der Waals surface area contributed by atoms with Crippen LogP contribution in [0.4, 0.5) is 5.69 Å². The van der Waals surface area contributed by atoms with Crippen LogP contribution in [-0.4, -0.2) is 35.4 Å². The number of fused-ring (bicyclic) bond motifs is 1. The number of hydrogen-bond donors (Lipinski definition) is 3. The molecule has 0 aliphatic rings. The molecule has 0 fully saturated rings. The average Bonchev–Trinajstić information content (AvgIpc) is 2.74. The van der Waals surface area contributed by atoms with Crippen LogP contribution < -0.4 is 10.5 Å². The molecular weight excluding hydrogens is 292 g/mol. The van der Waals surface area contributed by atoms with Crippen LogP contribution in [0.5, 0.6) is 0 Å². The highest BCUT2D eigenvalue weighted by Gasteiger charge is 2.17. The van der Waals surface area contributed by atoms with Crippen LogP contribution >= 0.6 is 0 Å². The smallest absolute Gasteiger partial charge is 0.213 e. The van der Waals surface area contributed by atoms with Gasteiger partial charge >= 0.3 is 0 Å². The molecule has 0 aliphatic carbocycles. The Morgan fingerprint density at radius 3 is 2.81 bits per heavy atom. The molecule has 2 rings (SSSR count). The number of hydrogen-bond acceptors (Lipinski definition) is 5. The van der Waals surface area contributed by atoms with E-state index in [4.69, 9.17) is 5.73 Å². The molecule has 1 heterocycles. The molecule has 116 valence electrons. The van der Waals surface area contributed by atoms with Crippen molar-refractivity contribution in [1.29, 1.82) is 0 Å². The summed E-state index contributed by atoms with van der Waals surface area (Å²) in [5, 5.41) is 9.83. The standard InChI is InChI=1S/C13H20N4O3S/c1-3-15-21(19,20)7-6-17-12-5-4-10(14)8-11(12)16-13(17)9(2)18/h4-5,8-9,15,18H,3,6-7,14H2,1-2H3. The van der Waals surface area contributed by atoms with Gasteiger partial charge in [0.15, 0.2) is 0 Å². The molecule has 1 unspecified atom stereocenters. The zero-order valence-corrected chi connectivity index (χ0v) is 12.9. The van der Waals surface area contributed by atoms with Crippen LogP contribution in [0.1, 0.15) is 25.8 Å². The zero-order chi connectivity index (χ0) is 15.6. The second-order valence-electron chi connectivity index (χ2n) is 4.86. The minimum atomic E-state index is -3.33. The van der Waals surface area contributed by atoms with Gasteiger partial charge in [-0.3, -0.25) is 0 Å². The van der Waals surface area contributed by atoms with Crippen molar-refractivity contribution in [2.45, 2.75) is 26.5 Å². The summed E-state index contributed by atoms with van der Waals surface area (Å²) >= 11 is 0. The Hall–Kier alpha value is -1.64. The summed E-state index contributed by atoms with van der Waals surface area (Å²) in [6.45, 7) is 3.90. The Morgan fingerprint density at radius 2 is 2.19 bits per heavy atom. The van der Waals surface area contributed by atoms with Crippen molar-refractivity contribution >= 4 is 26.7 Å². The van der Waals surface area contributed by atoms with Crippen molar-refractivity contribution in [3.05, 3.63) is 24.0 Å². The molecule has 1 aromatic carbocycles. The monoisotopic (exact) mass is 312 g/mol. The highest BCUT2D eigenvalue weighted by molar-refractivity contribution is 7.89. The van der Waals surface area contributed by atoms with E-state index in [1.807, 2.05) is 0 Å². The van der Waals surface area contributed by atoms with Crippen molar-refractivity contribution in [3.63, 3.8) is 0 Å². The van der Waals surface area contributed by atoms with Gasteiger partial charge in [-0.25, -0.2) is 18.1 Å². The van der Waals surface area contributed by atoms with E-state index in [1.165, 1.54) is 0 Å². The van der Waals surface area contributed by atoms with Gasteiger partial charge in [-0.05, 0) is 25.1 Å². The number of rotatable bonds is 6. The van der Waals surface area contributed by atoms with E-state index in [1.54, 1.807) is 36.6 Å². The van der Waals surface area contributed by atoms with E-state index in [2.05, 4.69) is 9.71 Å². The highest BCUT2D eigenvalue weighted by atomic mass is 32.2. The van der Waals surface area contributed by atoms with Crippen molar-refractivity contribution < 1.29 is 13.5 Å². The number of anilines is 1. The summed E-state index contributed by atoms with van der Waals surface area (Å²) in [6.07, 6.45) is -0.791. The maximum atomic E-state index is 11.8. The molecule has 0 spiro atoms. The van der Waals surface area contributed by atoms with Crippen molar-refractivity contribution in [2.24, 2.45) is 0 Å². The van der Waals surface area contributed by atoms with E-state index < -0.39 is 16.1 Å². The quantitative estimate of drug-likeness (QED) is 0.677. The van der Waals surface area contributed by atoms with E-state index >= 15 is 0 Å². The van der Waals surface area contributed by atoms with Crippen LogP contribution in [0.3, 0.4) is 0 Å². The molecule has 21 heavy (non-hydrogen) atoms. The Bertz CT molecular complexity index is 737. The summed E-state index contributed by atoms with van der Waals surface area (Å²) in [4.78, 5) is 4.34. The van der Waals surface area contributed by atoms with Crippen LogP contribution in [0, 0.1) is 0 Å². The number of aromatic nitrogens is 2. The number of imidazole rings is 1. The second kappa shape index (κ2) is 6.00. The molecule has 0 bridgehead atoms. The molecule has 7 nitrogen and oxygen atoms in total. The van der Waals surface area contributed by atoms with Crippen molar-refractivity contribution in [2.75, 3.05) is 18.0 Å². The maximum Gasteiger partial charge on any atom is 0.213 e. The van der Waals surface area contributed by atoms with Crippen LogP contribution in [0.15, 0.2) is 18.2 Å². The maximum absolute atomic E-state index is 11.8. The summed E-state index contributed by atoms with van der Waals surface area (Å²) in [5.74, 6) is 0.360. The molecule has 8 heteroatoms. The van der Waals surface area contributed by atoms with Gasteiger partial charge in [0.25, 0.3) is 0 Å². The van der Waals surface area contributed by atoms with Gasteiger partial charge in [-0.15, -0.1) is 0 Å². The Labute approximate surface area is 123 Å². The SMILES string of the molecule is CCNS(=O)(=O)CCn1c(C(C)O)nc2cc(N)ccc21. The zero-order valence-electron chi connectivity index (χ0n) is 12.1. The van der Waals surface area contributed by atoms with Gasteiger partial charge in [0.05, 0.1) is 16.8 Å². The summed E-state index contributed by atoms with van der Waals surface area (Å²) in [5.41, 5.74) is 7.70. The number of benzene rings is 1. The lowest BCUT2D eigenvalue weighted by molar-refractivity contribution is 0.185. The highest BCUT2D eigenvalue weighted by Crippen LogP contribution is 2.22. The van der Waals surface area contributed by atoms with Gasteiger partial charge in [-0.2, -0.15) is 0 Å². The normalized spacial score (nSPS) is 13.7. The number of nitrogen functional groups attached to an aromatic ring is 1. The number of sulfonamides is 1. The summed E-state index contributed by atoms with van der Waals surface area (Å²) in [7, 11) is -3.33. The molecule has 1 aromatic heterocycles. The van der Waals surface area contributed by atoms with Gasteiger partial charge in [-0.1, -0.05) is 6.92 Å². The first kappa shape index (κ1) is 15.7. The second-order valence-corrected chi connectivity index (χ2v) is 6.79. The van der Waals surface area contributed by atoms with Crippen LogP contribution in [-0.2, 0) is 16.6 Å². The fourth-order valence-corrected chi connectivity index (χ4v) is 3.23. The topological polar surface area (TPSA) is 110 Å². The number of aryl methyl sites for hydroxylation is 1. The lowest BCUT2D eigenvalue weighted by Crippen LogP contribution is -2.28. The Morgan fingerprint density at radius 1 is 1.48 bits per heavy atom. The Balaban J connectivity index is 2.39. The van der Waals surface area contributed by atoms with Crippen LogP contribution in [0.2, 0.25) is 0 Å². The van der Waals surface area contributed by atoms with E-state index in [0.717, 1.165) is 5.52 Å². The van der Waals surface area contributed by atoms with Gasteiger partial charge in [0, 0.05) is 18.8 Å². The molecule has 0 radical (unpaired) electrons. The largest absolute Gasteiger partial charge is 0.399 e. The minimum Gasteiger partial charge on any atom is -0.399 e. The van der Waals surface area contributed by atoms with E-state index in [0.29, 0.717) is 23.6 Å². The number of aliphatic hydroxyl groups is 1. The fraction of sp³-hybridized carbons (Fsp3) is 0.462. The predicted octanol–water partition coefficient (Wildman–Crippen LogP) is 0.611. The van der Waals surface area contributed by atoms with Crippen LogP contribution in [0.25, 0.3) is 11.0 Å². The lowest BCUT2D eigenvalue weighted by atomic mass is 10.3. The third-order valence-corrected chi connectivity index (χ3v) is 4.57. The fourth-order valence-electron chi connectivity index (χ4n) is 2.22. The molecule has 0 aliphatic heterocycles. The summed E-state index contributed by atoms with van der Waals surface area (Å²) < 4.78 is 27.7. The number of aliphatic hydroxyl groups excluding tert-OH is 1. The molecule has 1 atom stereocenters. The molecule has 0 saturated carbocycles. The average molecular weight is 312 g/mol. The minimum absolute atomic E-state index is 0.0730. The van der Waals surface area contributed by atoms with E-state index in [-0.39, 0.29) is 12.3 Å². The number of nitrogens with one attached hydrogen (secondary N) is 1. The first-order chi connectivity index (χ1) is 9.84. The van der Waals surface area contributed by atoms with Gasteiger partial charge in [0.1, 0.15) is 11.9 Å². The Kier molecular flexibility index (Phi) is 4.50. The molecule has 4 N–H and O–H groups in total. The third-order valence-electron chi connectivity index (χ3n) is 3.12. The summed E-state index contributed by atoms with van der Waals surface area (Å²) in [6, 6.07) is 5.21. The van der Waals surface area contributed by atoms with Gasteiger partial charge < -0.3 is 15.4 Å². The molecule has 2 aromatic rings. The van der Waals surface area contributed by atoms with Gasteiger partial charge in [0.2, 0.25) is 10.0 Å². The predicted molar refractivity (Wildman–Crippen MR) is 82.2 cm³/mol. The van der Waals surface area contributed by atoms with Crippen molar-refractivity contribution in [1.82, 2.24) is 14.3 Å². The first-order valence-corrected chi connectivity index (χ1v) is 8.40. The third kappa shape index (κ3) is 3.52.